The Kier molecular flexibility index (Phi) is 3.23. The van der Waals surface area contributed by atoms with Crippen molar-refractivity contribution in [1.29, 1.82) is 0 Å². The predicted molar refractivity (Wildman–Crippen MR) is 82.9 cm³/mol. The van der Waals surface area contributed by atoms with Crippen molar-refractivity contribution in [3.05, 3.63) is 55.6 Å². The number of aryl methyl sites for hydroxylation is 1. The summed E-state index contributed by atoms with van der Waals surface area (Å²) < 4.78 is 3.35. The molecule has 0 saturated heterocycles. The van der Waals surface area contributed by atoms with Crippen molar-refractivity contribution >= 4 is 33.2 Å². The molecule has 1 aromatic carbocycles. The van der Waals surface area contributed by atoms with Gasteiger partial charge in [-0.3, -0.25) is 14.0 Å². The van der Waals surface area contributed by atoms with Gasteiger partial charge in [-0.1, -0.05) is 42.2 Å². The fourth-order valence-corrected chi connectivity index (χ4v) is 3.37. The van der Waals surface area contributed by atoms with Gasteiger partial charge in [0.2, 0.25) is 0 Å². The van der Waals surface area contributed by atoms with Crippen molar-refractivity contribution in [2.24, 2.45) is 0 Å². The van der Waals surface area contributed by atoms with Crippen LogP contribution < -0.4 is 11.1 Å². The van der Waals surface area contributed by atoms with Crippen molar-refractivity contribution in [2.45, 2.75) is 13.3 Å². The second kappa shape index (κ2) is 4.92. The van der Waals surface area contributed by atoms with Gasteiger partial charge in [0.1, 0.15) is 5.39 Å². The lowest BCUT2D eigenvalue weighted by atomic mass is 10.0. The number of aromatic nitrogens is 2. The molecule has 0 unspecified atom stereocenters. The lowest BCUT2D eigenvalue weighted by Crippen LogP contribution is -2.15. The number of rotatable bonds is 2. The fourth-order valence-electron chi connectivity index (χ4n) is 2.29. The minimum atomic E-state index is -0.357. The molecule has 2 heterocycles. The number of benzene rings is 1. The van der Waals surface area contributed by atoms with E-state index >= 15 is 0 Å². The van der Waals surface area contributed by atoms with Crippen molar-refractivity contribution in [3.8, 4) is 11.3 Å². The van der Waals surface area contributed by atoms with E-state index in [1.54, 1.807) is 12.1 Å². The molecule has 0 amide bonds. The largest absolute Gasteiger partial charge is 0.321 e. The van der Waals surface area contributed by atoms with Crippen LogP contribution in [-0.2, 0) is 6.42 Å². The van der Waals surface area contributed by atoms with E-state index in [2.05, 4.69) is 9.36 Å². The fraction of sp³-hybridized carbons (Fsp3) is 0.143. The zero-order chi connectivity index (χ0) is 14.3. The zero-order valence-corrected chi connectivity index (χ0v) is 12.2. The number of nitrogens with one attached hydrogen (secondary N) is 2. The minimum Gasteiger partial charge on any atom is -0.321 e. The molecule has 0 atom stereocenters. The summed E-state index contributed by atoms with van der Waals surface area (Å²) in [6, 6.07) is 7.26. The topological polar surface area (TPSA) is 65.7 Å². The Morgan fingerprint density at radius 3 is 2.50 bits per heavy atom. The van der Waals surface area contributed by atoms with Crippen LogP contribution >= 0.6 is 23.1 Å². The van der Waals surface area contributed by atoms with Gasteiger partial charge in [0.25, 0.3) is 11.1 Å². The van der Waals surface area contributed by atoms with Crippen LogP contribution in [0, 0.1) is 0 Å². The molecule has 2 N–H and O–H groups in total. The normalized spacial score (nSPS) is 11.1. The summed E-state index contributed by atoms with van der Waals surface area (Å²) in [5.41, 5.74) is 1.90. The first-order valence-corrected chi connectivity index (χ1v) is 7.33. The van der Waals surface area contributed by atoms with E-state index < -0.39 is 0 Å². The summed E-state index contributed by atoms with van der Waals surface area (Å²) in [5.74, 6) is 0. The Bertz CT molecular complexity index is 890. The molecule has 2 aromatic heterocycles. The molecule has 0 fully saturated rings. The van der Waals surface area contributed by atoms with Gasteiger partial charge in [0.15, 0.2) is 0 Å². The van der Waals surface area contributed by atoms with Gasteiger partial charge in [-0.25, -0.2) is 0 Å². The van der Waals surface area contributed by atoms with E-state index in [9.17, 15) is 9.59 Å². The van der Waals surface area contributed by atoms with Crippen molar-refractivity contribution < 1.29 is 0 Å². The standard InChI is InChI=1S/C14H11ClN2O2S/c1-2-9-11(7-3-5-8(15)6-4-7)16-13(18)10-12(9)20-17-14(10)19/h3-6H,2H2,1H3,(H,16,18)(H,17,19). The third-order valence-electron chi connectivity index (χ3n) is 3.23. The van der Waals surface area contributed by atoms with Crippen LogP contribution in [0.3, 0.4) is 0 Å². The van der Waals surface area contributed by atoms with Gasteiger partial charge >= 0.3 is 0 Å². The van der Waals surface area contributed by atoms with E-state index in [1.807, 2.05) is 19.1 Å². The van der Waals surface area contributed by atoms with Gasteiger partial charge in [0.05, 0.1) is 10.4 Å². The molecule has 0 saturated carbocycles. The Hall–Kier alpha value is -1.85. The quantitative estimate of drug-likeness (QED) is 0.764. The van der Waals surface area contributed by atoms with Crippen LogP contribution in [0.4, 0.5) is 0 Å². The highest BCUT2D eigenvalue weighted by atomic mass is 35.5. The summed E-state index contributed by atoms with van der Waals surface area (Å²) in [5, 5.41) is 0.853. The molecule has 0 aliphatic heterocycles. The van der Waals surface area contributed by atoms with Crippen LogP contribution in [0.25, 0.3) is 21.3 Å². The molecule has 0 bridgehead atoms. The molecule has 3 aromatic rings. The SMILES string of the molecule is CCc1c(-c2ccc(Cl)cc2)[nH]c(=O)c2c(=O)[nH]sc12. The summed E-state index contributed by atoms with van der Waals surface area (Å²) in [7, 11) is 0. The second-order valence-electron chi connectivity index (χ2n) is 4.41. The van der Waals surface area contributed by atoms with Gasteiger partial charge in [0, 0.05) is 5.02 Å². The highest BCUT2D eigenvalue weighted by Gasteiger charge is 2.15. The highest BCUT2D eigenvalue weighted by Crippen LogP contribution is 2.28. The third-order valence-corrected chi connectivity index (χ3v) is 4.42. The van der Waals surface area contributed by atoms with Gasteiger partial charge in [-0.2, -0.15) is 0 Å². The number of hydrogen-bond donors (Lipinski definition) is 2. The molecule has 0 spiro atoms. The Morgan fingerprint density at radius 2 is 1.85 bits per heavy atom. The number of hydrogen-bond acceptors (Lipinski definition) is 3. The van der Waals surface area contributed by atoms with Crippen molar-refractivity contribution in [2.75, 3.05) is 0 Å². The highest BCUT2D eigenvalue weighted by molar-refractivity contribution is 7.13. The predicted octanol–water partition coefficient (Wildman–Crippen LogP) is 3.16. The summed E-state index contributed by atoms with van der Waals surface area (Å²) in [4.78, 5) is 26.6. The van der Waals surface area contributed by atoms with Crippen LogP contribution in [0.15, 0.2) is 33.9 Å². The summed E-state index contributed by atoms with van der Waals surface area (Å²) >= 11 is 7.09. The van der Waals surface area contributed by atoms with Crippen molar-refractivity contribution in [1.82, 2.24) is 9.36 Å². The molecular formula is C14H11ClN2O2S. The first-order chi connectivity index (χ1) is 9.61. The van der Waals surface area contributed by atoms with Crippen LogP contribution in [-0.4, -0.2) is 9.36 Å². The first-order valence-electron chi connectivity index (χ1n) is 6.14. The van der Waals surface area contributed by atoms with Gasteiger partial charge in [-0.05, 0) is 29.7 Å². The van der Waals surface area contributed by atoms with Crippen LogP contribution in [0.5, 0.6) is 0 Å². The number of halogens is 1. The Labute approximate surface area is 123 Å². The number of fused-ring (bicyclic) bond motifs is 1. The maximum atomic E-state index is 12.1. The molecule has 102 valence electrons. The molecule has 3 rings (SSSR count). The maximum Gasteiger partial charge on any atom is 0.271 e. The molecule has 0 aliphatic rings. The van der Waals surface area contributed by atoms with Crippen molar-refractivity contribution in [3.63, 3.8) is 0 Å². The van der Waals surface area contributed by atoms with E-state index in [0.29, 0.717) is 5.02 Å². The van der Waals surface area contributed by atoms with Crippen LogP contribution in [0.1, 0.15) is 12.5 Å². The summed E-state index contributed by atoms with van der Waals surface area (Å²) in [6.45, 7) is 2.00. The van der Waals surface area contributed by atoms with E-state index in [4.69, 9.17) is 11.6 Å². The van der Waals surface area contributed by atoms with E-state index in [0.717, 1.165) is 27.9 Å². The summed E-state index contributed by atoms with van der Waals surface area (Å²) in [6.07, 6.45) is 0.721. The van der Waals surface area contributed by atoms with E-state index in [-0.39, 0.29) is 16.5 Å². The number of H-pyrrole nitrogens is 2. The number of pyridine rings is 1. The molecule has 0 aliphatic carbocycles. The lowest BCUT2D eigenvalue weighted by Gasteiger charge is -2.08. The lowest BCUT2D eigenvalue weighted by molar-refractivity contribution is 1.12. The molecule has 0 radical (unpaired) electrons. The monoisotopic (exact) mass is 306 g/mol. The first kappa shape index (κ1) is 13.1. The number of aromatic amines is 2. The molecule has 4 nitrogen and oxygen atoms in total. The Balaban J connectivity index is 2.39. The smallest absolute Gasteiger partial charge is 0.271 e. The molecule has 6 heteroatoms. The second-order valence-corrected chi connectivity index (χ2v) is 5.66. The Morgan fingerprint density at radius 1 is 1.15 bits per heavy atom. The average molecular weight is 307 g/mol. The molecule has 20 heavy (non-hydrogen) atoms. The van der Waals surface area contributed by atoms with Gasteiger partial charge in [-0.15, -0.1) is 0 Å². The zero-order valence-electron chi connectivity index (χ0n) is 10.6. The van der Waals surface area contributed by atoms with E-state index in [1.165, 1.54) is 11.5 Å². The minimum absolute atomic E-state index is 0.213. The molecular weight excluding hydrogens is 296 g/mol. The van der Waals surface area contributed by atoms with Gasteiger partial charge < -0.3 is 4.98 Å². The van der Waals surface area contributed by atoms with Crippen LogP contribution in [0.2, 0.25) is 5.02 Å². The third kappa shape index (κ3) is 1.99. The maximum absolute atomic E-state index is 12.1. The average Bonchev–Trinajstić information content (AvgIpc) is 2.82.